The number of benzene rings is 1. The van der Waals surface area contributed by atoms with E-state index in [0.717, 1.165) is 25.9 Å². The molecule has 6 heteroatoms. The van der Waals surface area contributed by atoms with Crippen LogP contribution in [0.2, 0.25) is 0 Å². The van der Waals surface area contributed by atoms with Gasteiger partial charge in [0.05, 0.1) is 5.56 Å². The molecule has 0 saturated carbocycles. The van der Waals surface area contributed by atoms with Gasteiger partial charge in [-0.1, -0.05) is 24.2 Å². The molecule has 0 atom stereocenters. The van der Waals surface area contributed by atoms with Crippen molar-refractivity contribution in [1.82, 2.24) is 15.0 Å². The third-order valence-electron chi connectivity index (χ3n) is 4.27. The molecule has 1 aliphatic rings. The standard InChI is InChI=1S/C17H20FN3O2/c1-12-8-10-21(11-9-12)16(22)7-6-15-19-17(20-23-15)13-4-2-3-5-14(13)18/h2-5,12H,6-11H2,1H3. The van der Waals surface area contributed by atoms with Crippen molar-refractivity contribution in [3.63, 3.8) is 0 Å². The number of halogens is 1. The minimum Gasteiger partial charge on any atom is -0.343 e. The second-order valence-electron chi connectivity index (χ2n) is 6.05. The van der Waals surface area contributed by atoms with Crippen LogP contribution in [0.5, 0.6) is 0 Å². The van der Waals surface area contributed by atoms with Gasteiger partial charge >= 0.3 is 0 Å². The van der Waals surface area contributed by atoms with Crippen molar-refractivity contribution in [2.75, 3.05) is 13.1 Å². The lowest BCUT2D eigenvalue weighted by Crippen LogP contribution is -2.38. The highest BCUT2D eigenvalue weighted by Crippen LogP contribution is 2.20. The largest absolute Gasteiger partial charge is 0.343 e. The number of carbonyl (C=O) groups excluding carboxylic acids is 1. The maximum atomic E-state index is 13.7. The first-order valence-corrected chi connectivity index (χ1v) is 7.98. The Morgan fingerprint density at radius 1 is 1.35 bits per heavy atom. The molecule has 0 spiro atoms. The van der Waals surface area contributed by atoms with Gasteiger partial charge in [0, 0.05) is 25.9 Å². The van der Waals surface area contributed by atoms with Gasteiger partial charge in [0.15, 0.2) is 0 Å². The molecule has 1 aromatic heterocycles. The van der Waals surface area contributed by atoms with Crippen molar-refractivity contribution in [2.24, 2.45) is 5.92 Å². The number of aromatic nitrogens is 2. The van der Waals surface area contributed by atoms with Gasteiger partial charge in [-0.3, -0.25) is 4.79 Å². The predicted molar refractivity (Wildman–Crippen MR) is 83.0 cm³/mol. The summed E-state index contributed by atoms with van der Waals surface area (Å²) in [6, 6.07) is 6.28. The summed E-state index contributed by atoms with van der Waals surface area (Å²) in [6.45, 7) is 3.86. The quantitative estimate of drug-likeness (QED) is 0.869. The van der Waals surface area contributed by atoms with E-state index in [1.165, 1.54) is 6.07 Å². The Balaban J connectivity index is 1.57. The first-order chi connectivity index (χ1) is 11.1. The van der Waals surface area contributed by atoms with Gasteiger partial charge in [0.1, 0.15) is 5.82 Å². The van der Waals surface area contributed by atoms with E-state index in [0.29, 0.717) is 30.2 Å². The Morgan fingerprint density at radius 3 is 2.83 bits per heavy atom. The Kier molecular flexibility index (Phi) is 4.69. The van der Waals surface area contributed by atoms with Crippen LogP contribution < -0.4 is 0 Å². The Labute approximate surface area is 134 Å². The van der Waals surface area contributed by atoms with Gasteiger partial charge in [-0.15, -0.1) is 0 Å². The fourth-order valence-electron chi connectivity index (χ4n) is 2.74. The molecule has 1 fully saturated rings. The molecule has 122 valence electrons. The van der Waals surface area contributed by atoms with Crippen molar-refractivity contribution in [1.29, 1.82) is 0 Å². The lowest BCUT2D eigenvalue weighted by atomic mass is 9.99. The second kappa shape index (κ2) is 6.89. The number of aryl methyl sites for hydroxylation is 1. The van der Waals surface area contributed by atoms with Gasteiger partial charge in [0.25, 0.3) is 0 Å². The molecule has 0 bridgehead atoms. The van der Waals surface area contributed by atoms with E-state index in [2.05, 4.69) is 17.1 Å². The average molecular weight is 317 g/mol. The molecule has 23 heavy (non-hydrogen) atoms. The lowest BCUT2D eigenvalue weighted by molar-refractivity contribution is -0.132. The van der Waals surface area contributed by atoms with Gasteiger partial charge in [0.2, 0.25) is 17.6 Å². The molecule has 1 aliphatic heterocycles. The van der Waals surface area contributed by atoms with Crippen molar-refractivity contribution in [2.45, 2.75) is 32.6 Å². The molecule has 1 saturated heterocycles. The molecule has 0 N–H and O–H groups in total. The molecule has 1 aromatic carbocycles. The fraction of sp³-hybridized carbons (Fsp3) is 0.471. The summed E-state index contributed by atoms with van der Waals surface area (Å²) in [7, 11) is 0. The topological polar surface area (TPSA) is 59.2 Å². The van der Waals surface area contributed by atoms with Gasteiger partial charge in [-0.25, -0.2) is 4.39 Å². The van der Waals surface area contributed by atoms with E-state index < -0.39 is 5.82 Å². The SMILES string of the molecule is CC1CCN(C(=O)CCc2nc(-c3ccccc3F)no2)CC1. The van der Waals surface area contributed by atoms with E-state index in [1.807, 2.05) is 4.90 Å². The van der Waals surface area contributed by atoms with Crippen LogP contribution in [0, 0.1) is 11.7 Å². The first kappa shape index (κ1) is 15.6. The lowest BCUT2D eigenvalue weighted by Gasteiger charge is -2.30. The van der Waals surface area contributed by atoms with Gasteiger partial charge in [-0.05, 0) is 30.9 Å². The number of piperidine rings is 1. The normalized spacial score (nSPS) is 15.8. The minimum absolute atomic E-state index is 0.113. The first-order valence-electron chi connectivity index (χ1n) is 7.98. The summed E-state index contributed by atoms with van der Waals surface area (Å²) in [5.41, 5.74) is 0.304. The highest BCUT2D eigenvalue weighted by Gasteiger charge is 2.21. The maximum absolute atomic E-state index is 13.7. The molecule has 0 radical (unpaired) electrons. The van der Waals surface area contributed by atoms with Crippen LogP contribution >= 0.6 is 0 Å². The highest BCUT2D eigenvalue weighted by molar-refractivity contribution is 5.76. The van der Waals surface area contributed by atoms with E-state index in [-0.39, 0.29) is 11.7 Å². The highest BCUT2D eigenvalue weighted by atomic mass is 19.1. The zero-order valence-electron chi connectivity index (χ0n) is 13.2. The number of amides is 1. The molecule has 1 amide bonds. The van der Waals surface area contributed by atoms with Gasteiger partial charge in [-0.2, -0.15) is 4.98 Å². The molecular formula is C17H20FN3O2. The molecule has 3 rings (SSSR count). The van der Waals surface area contributed by atoms with E-state index in [4.69, 9.17) is 4.52 Å². The summed E-state index contributed by atoms with van der Waals surface area (Å²) in [5.74, 6) is 0.999. The zero-order chi connectivity index (χ0) is 16.2. The van der Waals surface area contributed by atoms with Gasteiger partial charge < -0.3 is 9.42 Å². The third kappa shape index (κ3) is 3.75. The Hall–Kier alpha value is -2.24. The van der Waals surface area contributed by atoms with Crippen LogP contribution in [0.4, 0.5) is 4.39 Å². The van der Waals surface area contributed by atoms with E-state index in [9.17, 15) is 9.18 Å². The van der Waals surface area contributed by atoms with E-state index >= 15 is 0 Å². The number of likely N-dealkylation sites (tertiary alicyclic amines) is 1. The number of nitrogens with zero attached hydrogens (tertiary/aromatic N) is 3. The van der Waals surface area contributed by atoms with E-state index in [1.54, 1.807) is 18.2 Å². The molecule has 2 aromatic rings. The number of carbonyl (C=O) groups is 1. The maximum Gasteiger partial charge on any atom is 0.227 e. The van der Waals surface area contributed by atoms with Crippen LogP contribution in [0.25, 0.3) is 11.4 Å². The summed E-state index contributed by atoms with van der Waals surface area (Å²) in [4.78, 5) is 18.3. The van der Waals surface area contributed by atoms with Crippen molar-refractivity contribution in [3.05, 3.63) is 36.0 Å². The molecule has 5 nitrogen and oxygen atoms in total. The number of hydrogen-bond donors (Lipinski definition) is 0. The predicted octanol–water partition coefficient (Wildman–Crippen LogP) is 3.07. The smallest absolute Gasteiger partial charge is 0.227 e. The zero-order valence-corrected chi connectivity index (χ0v) is 13.2. The third-order valence-corrected chi connectivity index (χ3v) is 4.27. The Bertz CT molecular complexity index is 678. The summed E-state index contributed by atoms with van der Waals surface area (Å²) in [5, 5.41) is 3.80. The number of hydrogen-bond acceptors (Lipinski definition) is 4. The van der Waals surface area contributed by atoms with Crippen molar-refractivity contribution >= 4 is 5.91 Å². The molecule has 0 unspecified atom stereocenters. The molecular weight excluding hydrogens is 297 g/mol. The average Bonchev–Trinajstić information content (AvgIpc) is 3.02. The minimum atomic E-state index is -0.390. The monoisotopic (exact) mass is 317 g/mol. The number of rotatable bonds is 4. The molecule has 2 heterocycles. The van der Waals surface area contributed by atoms with Crippen molar-refractivity contribution < 1.29 is 13.7 Å². The van der Waals surface area contributed by atoms with Crippen LogP contribution in [0.1, 0.15) is 32.1 Å². The Morgan fingerprint density at radius 2 is 2.09 bits per heavy atom. The van der Waals surface area contributed by atoms with Crippen LogP contribution in [0.15, 0.2) is 28.8 Å². The summed E-state index contributed by atoms with van der Waals surface area (Å²) < 4.78 is 18.8. The second-order valence-corrected chi connectivity index (χ2v) is 6.05. The summed E-state index contributed by atoms with van der Waals surface area (Å²) in [6.07, 6.45) is 2.84. The summed E-state index contributed by atoms with van der Waals surface area (Å²) >= 11 is 0. The van der Waals surface area contributed by atoms with Crippen LogP contribution in [-0.4, -0.2) is 34.0 Å². The van der Waals surface area contributed by atoms with Crippen molar-refractivity contribution in [3.8, 4) is 11.4 Å². The fourth-order valence-corrected chi connectivity index (χ4v) is 2.74. The van der Waals surface area contributed by atoms with Crippen LogP contribution in [0.3, 0.4) is 0 Å². The van der Waals surface area contributed by atoms with Crippen LogP contribution in [-0.2, 0) is 11.2 Å². The molecule has 0 aliphatic carbocycles.